The Morgan fingerprint density at radius 1 is 1.38 bits per heavy atom. The normalized spacial score (nSPS) is 18.3. The van der Waals surface area contributed by atoms with Gasteiger partial charge in [-0.2, -0.15) is 0 Å². The molecule has 5 heteroatoms. The predicted molar refractivity (Wildman–Crippen MR) is 77.7 cm³/mol. The van der Waals surface area contributed by atoms with E-state index in [4.69, 9.17) is 4.74 Å². The van der Waals surface area contributed by atoms with E-state index in [1.807, 2.05) is 0 Å². The van der Waals surface area contributed by atoms with Gasteiger partial charge in [0.25, 0.3) is 0 Å². The van der Waals surface area contributed by atoms with Crippen LogP contribution in [0.3, 0.4) is 0 Å². The molecule has 1 aliphatic heterocycles. The van der Waals surface area contributed by atoms with Crippen molar-refractivity contribution in [2.75, 3.05) is 19.7 Å². The Hall–Kier alpha value is -2.04. The number of esters is 1. The van der Waals surface area contributed by atoms with E-state index in [0.717, 1.165) is 12.8 Å². The lowest BCUT2D eigenvalue weighted by Crippen LogP contribution is -2.43. The van der Waals surface area contributed by atoms with Crippen LogP contribution in [0.1, 0.15) is 25.3 Å². The number of hydrogen-bond donors (Lipinski definition) is 1. The van der Waals surface area contributed by atoms with E-state index < -0.39 is 0 Å². The first-order valence-electron chi connectivity index (χ1n) is 7.33. The highest BCUT2D eigenvalue weighted by atomic mass is 16.5. The molecule has 21 heavy (non-hydrogen) atoms. The van der Waals surface area contributed by atoms with Gasteiger partial charge in [0.2, 0.25) is 5.91 Å². The summed E-state index contributed by atoms with van der Waals surface area (Å²) in [5, 5.41) is 9.72. The van der Waals surface area contributed by atoms with E-state index in [2.05, 4.69) is 0 Å². The van der Waals surface area contributed by atoms with Gasteiger partial charge in [-0.05, 0) is 25.8 Å². The third-order valence-electron chi connectivity index (χ3n) is 3.73. The van der Waals surface area contributed by atoms with Gasteiger partial charge in [0.15, 0.2) is 0 Å². The van der Waals surface area contributed by atoms with Crippen molar-refractivity contribution in [2.45, 2.75) is 26.2 Å². The molecule has 1 fully saturated rings. The maximum Gasteiger partial charge on any atom is 0.310 e. The summed E-state index contributed by atoms with van der Waals surface area (Å²) in [5.41, 5.74) is 0.612. The van der Waals surface area contributed by atoms with Crippen molar-refractivity contribution >= 4 is 11.9 Å². The first kappa shape index (κ1) is 15.4. The molecule has 2 rings (SSSR count). The van der Waals surface area contributed by atoms with Crippen LogP contribution in [-0.2, 0) is 20.7 Å². The van der Waals surface area contributed by atoms with E-state index in [1.54, 1.807) is 36.1 Å². The SMILES string of the molecule is CCOC(=O)C1CCCN(C(=O)Cc2ccccc2O)C1. The number of carbonyl (C=O) groups is 2. The average molecular weight is 291 g/mol. The van der Waals surface area contributed by atoms with Gasteiger partial charge in [0.05, 0.1) is 18.9 Å². The summed E-state index contributed by atoms with van der Waals surface area (Å²) >= 11 is 0. The molecule has 0 aliphatic carbocycles. The zero-order chi connectivity index (χ0) is 15.2. The standard InChI is InChI=1S/C16H21NO4/c1-2-21-16(20)13-7-5-9-17(11-13)15(19)10-12-6-3-4-8-14(12)18/h3-4,6,8,13,18H,2,5,7,9-11H2,1H3. The Balaban J connectivity index is 1.96. The molecule has 1 saturated heterocycles. The summed E-state index contributed by atoms with van der Waals surface area (Å²) in [6.45, 7) is 3.20. The number of amides is 1. The second-order valence-electron chi connectivity index (χ2n) is 5.24. The van der Waals surface area contributed by atoms with E-state index in [1.165, 1.54) is 0 Å². The van der Waals surface area contributed by atoms with Gasteiger partial charge in [-0.15, -0.1) is 0 Å². The zero-order valence-electron chi connectivity index (χ0n) is 12.2. The van der Waals surface area contributed by atoms with Crippen molar-refractivity contribution in [3.8, 4) is 5.75 Å². The zero-order valence-corrected chi connectivity index (χ0v) is 12.2. The van der Waals surface area contributed by atoms with Crippen LogP contribution >= 0.6 is 0 Å². The Morgan fingerprint density at radius 3 is 2.86 bits per heavy atom. The summed E-state index contributed by atoms with van der Waals surface area (Å²) in [6.07, 6.45) is 1.72. The topological polar surface area (TPSA) is 66.8 Å². The van der Waals surface area contributed by atoms with Gasteiger partial charge >= 0.3 is 5.97 Å². The Bertz CT molecular complexity index is 515. The molecule has 1 N–H and O–H groups in total. The Labute approximate surface area is 124 Å². The fraction of sp³-hybridized carbons (Fsp3) is 0.500. The Kier molecular flexibility index (Phi) is 5.20. The number of nitrogens with zero attached hydrogens (tertiary/aromatic N) is 1. The molecule has 0 spiro atoms. The highest BCUT2D eigenvalue weighted by Crippen LogP contribution is 2.21. The van der Waals surface area contributed by atoms with E-state index in [0.29, 0.717) is 25.3 Å². The second kappa shape index (κ2) is 7.11. The smallest absolute Gasteiger partial charge is 0.310 e. The monoisotopic (exact) mass is 291 g/mol. The summed E-state index contributed by atoms with van der Waals surface area (Å²) in [7, 11) is 0. The molecule has 1 amide bonds. The van der Waals surface area contributed by atoms with Gasteiger partial charge in [0.1, 0.15) is 5.75 Å². The van der Waals surface area contributed by atoms with E-state index >= 15 is 0 Å². The van der Waals surface area contributed by atoms with E-state index in [-0.39, 0.29) is 30.0 Å². The number of para-hydroxylation sites is 1. The molecule has 1 aliphatic rings. The van der Waals surface area contributed by atoms with Crippen molar-refractivity contribution < 1.29 is 19.4 Å². The first-order chi connectivity index (χ1) is 10.1. The minimum absolute atomic E-state index is 0.0644. The van der Waals surface area contributed by atoms with Crippen LogP contribution in [0.4, 0.5) is 0 Å². The van der Waals surface area contributed by atoms with Gasteiger partial charge in [-0.3, -0.25) is 9.59 Å². The molecule has 1 heterocycles. The van der Waals surface area contributed by atoms with Gasteiger partial charge in [-0.1, -0.05) is 18.2 Å². The van der Waals surface area contributed by atoms with E-state index in [9.17, 15) is 14.7 Å². The van der Waals surface area contributed by atoms with Crippen molar-refractivity contribution in [1.82, 2.24) is 4.90 Å². The molecule has 1 aromatic carbocycles. The molecular formula is C16H21NO4. The lowest BCUT2D eigenvalue weighted by molar-refractivity contribution is -0.151. The molecule has 0 radical (unpaired) electrons. The second-order valence-corrected chi connectivity index (χ2v) is 5.24. The number of rotatable bonds is 4. The molecule has 0 saturated carbocycles. The summed E-state index contributed by atoms with van der Waals surface area (Å²) in [5.74, 6) is -0.389. The highest BCUT2D eigenvalue weighted by molar-refractivity contribution is 5.81. The Morgan fingerprint density at radius 2 is 2.14 bits per heavy atom. The fourth-order valence-electron chi connectivity index (χ4n) is 2.59. The molecule has 114 valence electrons. The number of ether oxygens (including phenoxy) is 1. The third kappa shape index (κ3) is 3.97. The maximum absolute atomic E-state index is 12.3. The number of phenolic OH excluding ortho intramolecular Hbond substituents is 1. The predicted octanol–water partition coefficient (Wildman–Crippen LogP) is 1.74. The number of benzene rings is 1. The van der Waals surface area contributed by atoms with Crippen LogP contribution in [-0.4, -0.2) is 41.6 Å². The minimum atomic E-state index is -0.230. The van der Waals surface area contributed by atoms with Gasteiger partial charge < -0.3 is 14.7 Å². The molecule has 1 unspecified atom stereocenters. The summed E-state index contributed by atoms with van der Waals surface area (Å²) < 4.78 is 5.03. The number of piperidine rings is 1. The van der Waals surface area contributed by atoms with Crippen LogP contribution in [0.15, 0.2) is 24.3 Å². The molecule has 5 nitrogen and oxygen atoms in total. The molecule has 0 aromatic heterocycles. The first-order valence-corrected chi connectivity index (χ1v) is 7.33. The largest absolute Gasteiger partial charge is 0.508 e. The quantitative estimate of drug-likeness (QED) is 0.858. The molecule has 1 atom stereocenters. The number of carbonyl (C=O) groups excluding carboxylic acids is 2. The fourth-order valence-corrected chi connectivity index (χ4v) is 2.59. The number of aromatic hydroxyl groups is 1. The molecule has 1 aromatic rings. The minimum Gasteiger partial charge on any atom is -0.508 e. The summed E-state index contributed by atoms with van der Waals surface area (Å²) in [6, 6.07) is 6.82. The van der Waals surface area contributed by atoms with Crippen molar-refractivity contribution in [3.63, 3.8) is 0 Å². The third-order valence-corrected chi connectivity index (χ3v) is 3.73. The van der Waals surface area contributed by atoms with Crippen molar-refractivity contribution in [3.05, 3.63) is 29.8 Å². The average Bonchev–Trinajstić information content (AvgIpc) is 2.50. The van der Waals surface area contributed by atoms with Crippen LogP contribution < -0.4 is 0 Å². The van der Waals surface area contributed by atoms with Crippen LogP contribution in [0.25, 0.3) is 0 Å². The maximum atomic E-state index is 12.3. The van der Waals surface area contributed by atoms with Crippen LogP contribution in [0.5, 0.6) is 5.75 Å². The number of phenols is 1. The van der Waals surface area contributed by atoms with Crippen LogP contribution in [0.2, 0.25) is 0 Å². The lowest BCUT2D eigenvalue weighted by atomic mass is 9.97. The van der Waals surface area contributed by atoms with Crippen molar-refractivity contribution in [1.29, 1.82) is 0 Å². The highest BCUT2D eigenvalue weighted by Gasteiger charge is 2.29. The van der Waals surface area contributed by atoms with Gasteiger partial charge in [0, 0.05) is 18.7 Å². The van der Waals surface area contributed by atoms with Gasteiger partial charge in [-0.25, -0.2) is 0 Å². The van der Waals surface area contributed by atoms with Crippen LogP contribution in [0, 0.1) is 5.92 Å². The number of hydrogen-bond acceptors (Lipinski definition) is 4. The molecule has 0 bridgehead atoms. The number of likely N-dealkylation sites (tertiary alicyclic amines) is 1. The lowest BCUT2D eigenvalue weighted by Gasteiger charge is -2.31. The summed E-state index contributed by atoms with van der Waals surface area (Å²) in [4.78, 5) is 25.8. The molecular weight excluding hydrogens is 270 g/mol. The van der Waals surface area contributed by atoms with Crippen molar-refractivity contribution in [2.24, 2.45) is 5.92 Å².